The zero-order chi connectivity index (χ0) is 13.5. The number of rotatable bonds is 9. The van der Waals surface area contributed by atoms with E-state index in [1.165, 1.54) is 0 Å². The molecule has 0 aromatic rings. The summed E-state index contributed by atoms with van der Waals surface area (Å²) in [5, 5.41) is -0.543. The molecule has 3 unspecified atom stereocenters. The second-order valence-electron chi connectivity index (χ2n) is 4.17. The van der Waals surface area contributed by atoms with Gasteiger partial charge in [0, 0.05) is 5.88 Å². The van der Waals surface area contributed by atoms with E-state index in [-0.39, 0.29) is 5.88 Å². The van der Waals surface area contributed by atoms with Crippen LogP contribution in [0, 0.1) is 0 Å². The molecule has 3 atom stereocenters. The van der Waals surface area contributed by atoms with Gasteiger partial charge >= 0.3 is 0 Å². The third-order valence-corrected chi connectivity index (χ3v) is 13.8. The van der Waals surface area contributed by atoms with Gasteiger partial charge in [-0.1, -0.05) is 20.8 Å². The second-order valence-corrected chi connectivity index (χ2v) is 13.3. The number of halogens is 4. The summed E-state index contributed by atoms with van der Waals surface area (Å²) in [5.41, 5.74) is 0. The third kappa shape index (κ3) is 5.14. The first-order chi connectivity index (χ1) is 8.00. The first kappa shape index (κ1) is 17.8. The van der Waals surface area contributed by atoms with Crippen LogP contribution in [0.25, 0.3) is 0 Å². The molecule has 0 aliphatic heterocycles. The van der Waals surface area contributed by atoms with E-state index in [2.05, 4.69) is 20.8 Å². The van der Waals surface area contributed by atoms with Crippen LogP contribution in [0.15, 0.2) is 0 Å². The average Bonchev–Trinajstić information content (AvgIpc) is 2.39. The Morgan fingerprint density at radius 3 is 2.00 bits per heavy atom. The van der Waals surface area contributed by atoms with Crippen LogP contribution in [0.1, 0.15) is 20.8 Å². The van der Waals surface area contributed by atoms with Crippen molar-refractivity contribution in [3.63, 3.8) is 0 Å². The summed E-state index contributed by atoms with van der Waals surface area (Å²) in [4.78, 5) is 0. The molecule has 0 N–H and O–H groups in total. The second kappa shape index (κ2) is 8.85. The van der Waals surface area contributed by atoms with Crippen LogP contribution in [0.3, 0.4) is 0 Å². The minimum absolute atomic E-state index is 0.125. The summed E-state index contributed by atoms with van der Waals surface area (Å²) >= 11 is 11.7. The summed E-state index contributed by atoms with van der Waals surface area (Å²) < 4.78 is 32.2. The average molecular weight is 323 g/mol. The summed E-state index contributed by atoms with van der Waals surface area (Å²) in [7, 11) is -4.37. The van der Waals surface area contributed by atoms with Gasteiger partial charge in [-0.2, -0.15) is 0 Å². The van der Waals surface area contributed by atoms with E-state index < -0.39 is 34.8 Å². The highest BCUT2D eigenvalue weighted by Crippen LogP contribution is 2.26. The fourth-order valence-electron chi connectivity index (χ4n) is 1.84. The molecule has 0 aromatic carbocycles. The van der Waals surface area contributed by atoms with Crippen molar-refractivity contribution in [1.29, 1.82) is 0 Å². The Bertz CT molecular complexity index is 190. The molecule has 104 valence electrons. The molecule has 0 spiro atoms. The van der Waals surface area contributed by atoms with Crippen LogP contribution in [0.2, 0.25) is 18.1 Å². The topological polar surface area (TPSA) is 9.23 Å². The molecule has 0 saturated heterocycles. The maximum atomic E-state index is 13.6. The van der Waals surface area contributed by atoms with Crippen molar-refractivity contribution in [1.82, 2.24) is 0 Å². The number of hydrogen-bond acceptors (Lipinski definition) is 1. The Labute approximate surface area is 116 Å². The van der Waals surface area contributed by atoms with Crippen LogP contribution in [-0.4, -0.2) is 40.7 Å². The van der Waals surface area contributed by atoms with E-state index in [1.807, 2.05) is 0 Å². The molecular formula is C10H22Cl2F2OSi2. The minimum atomic E-state index is -2.45. The zero-order valence-electron chi connectivity index (χ0n) is 10.7. The highest BCUT2D eigenvalue weighted by molar-refractivity contribution is 6.82. The van der Waals surface area contributed by atoms with Gasteiger partial charge in [0.05, 0.1) is 5.00 Å². The SMILES string of the molecule is CC[Si](CC)(CC)O[SiH](C(F)CF)C(Cl)CCl. The molecule has 0 fully saturated rings. The standard InChI is InChI=1S/C10H22Cl2F2OSi2/c1-4-17(5-2,6-3)15-16(9(12)7-11)10(14)8-13/h9-10,16H,4-8H2,1-3H3. The summed E-state index contributed by atoms with van der Waals surface area (Å²) in [6.07, 6.45) is 0. The highest BCUT2D eigenvalue weighted by Gasteiger charge is 2.39. The predicted octanol–water partition coefficient (Wildman–Crippen LogP) is 3.96. The maximum absolute atomic E-state index is 13.6. The van der Waals surface area contributed by atoms with Gasteiger partial charge in [-0.25, -0.2) is 8.78 Å². The molecule has 0 aliphatic rings. The van der Waals surface area contributed by atoms with Gasteiger partial charge < -0.3 is 4.12 Å². The van der Waals surface area contributed by atoms with Gasteiger partial charge in [0.25, 0.3) is 0 Å². The van der Waals surface area contributed by atoms with Crippen molar-refractivity contribution in [2.75, 3.05) is 12.6 Å². The van der Waals surface area contributed by atoms with Crippen molar-refractivity contribution < 1.29 is 12.9 Å². The van der Waals surface area contributed by atoms with E-state index in [0.717, 1.165) is 18.1 Å². The molecule has 0 bridgehead atoms. The number of alkyl halides is 4. The lowest BCUT2D eigenvalue weighted by molar-refractivity contribution is 0.308. The maximum Gasteiger partial charge on any atom is 0.221 e. The third-order valence-electron chi connectivity index (χ3n) is 3.33. The van der Waals surface area contributed by atoms with Crippen LogP contribution in [-0.2, 0) is 4.12 Å². The monoisotopic (exact) mass is 322 g/mol. The summed E-state index contributed by atoms with van der Waals surface area (Å²) in [5.74, 6) is -1.42. The smallest absolute Gasteiger partial charge is 0.221 e. The Hall–Kier alpha value is 0.834. The van der Waals surface area contributed by atoms with E-state index in [4.69, 9.17) is 27.3 Å². The van der Waals surface area contributed by atoms with Crippen molar-refractivity contribution in [3.8, 4) is 0 Å². The van der Waals surface area contributed by atoms with Crippen LogP contribution < -0.4 is 0 Å². The lowest BCUT2D eigenvalue weighted by Crippen LogP contribution is -2.51. The molecule has 0 radical (unpaired) electrons. The lowest BCUT2D eigenvalue weighted by Gasteiger charge is -2.35. The quantitative estimate of drug-likeness (QED) is 0.461. The Balaban J connectivity index is 4.82. The van der Waals surface area contributed by atoms with Crippen molar-refractivity contribution in [2.45, 2.75) is 49.7 Å². The normalized spacial score (nSPS) is 17.8. The van der Waals surface area contributed by atoms with E-state index in [9.17, 15) is 8.78 Å². The largest absolute Gasteiger partial charge is 0.454 e. The molecular weight excluding hydrogens is 301 g/mol. The lowest BCUT2D eigenvalue weighted by atomic mass is 10.8. The Morgan fingerprint density at radius 1 is 1.24 bits per heavy atom. The highest BCUT2D eigenvalue weighted by atomic mass is 35.5. The van der Waals surface area contributed by atoms with Gasteiger partial charge in [0.1, 0.15) is 12.5 Å². The Kier molecular flexibility index (Phi) is 9.29. The molecule has 0 aliphatic carbocycles. The zero-order valence-corrected chi connectivity index (χ0v) is 14.4. The van der Waals surface area contributed by atoms with E-state index >= 15 is 0 Å². The van der Waals surface area contributed by atoms with Crippen LogP contribution in [0.4, 0.5) is 8.78 Å². The van der Waals surface area contributed by atoms with Gasteiger partial charge in [-0.05, 0) is 18.1 Å². The van der Waals surface area contributed by atoms with Crippen molar-refractivity contribution in [2.24, 2.45) is 0 Å². The van der Waals surface area contributed by atoms with Crippen molar-refractivity contribution >= 4 is 40.6 Å². The first-order valence-electron chi connectivity index (χ1n) is 6.08. The van der Waals surface area contributed by atoms with E-state index in [0.29, 0.717) is 0 Å². The molecule has 17 heavy (non-hydrogen) atoms. The molecule has 7 heteroatoms. The van der Waals surface area contributed by atoms with Gasteiger partial charge in [0.2, 0.25) is 9.04 Å². The molecule has 0 rings (SSSR count). The Morgan fingerprint density at radius 2 is 1.71 bits per heavy atom. The van der Waals surface area contributed by atoms with Gasteiger partial charge in [-0.15, -0.1) is 23.2 Å². The molecule has 0 aromatic heterocycles. The molecule has 0 saturated carbocycles. The van der Waals surface area contributed by atoms with E-state index in [1.54, 1.807) is 0 Å². The minimum Gasteiger partial charge on any atom is -0.454 e. The van der Waals surface area contributed by atoms with Gasteiger partial charge in [-0.3, -0.25) is 0 Å². The summed E-state index contributed by atoms with van der Waals surface area (Å²) in [6.45, 7) is 5.14. The molecule has 0 heterocycles. The molecule has 0 amide bonds. The van der Waals surface area contributed by atoms with Crippen LogP contribution >= 0.6 is 23.2 Å². The van der Waals surface area contributed by atoms with Crippen LogP contribution in [0.5, 0.6) is 0 Å². The summed E-state index contributed by atoms with van der Waals surface area (Å²) in [6, 6.07) is 2.73. The predicted molar refractivity (Wildman–Crippen MR) is 76.7 cm³/mol. The number of hydrogen-bond donors (Lipinski definition) is 0. The fraction of sp³-hybridized carbons (Fsp3) is 1.00. The fourth-order valence-corrected chi connectivity index (χ4v) is 11.1. The first-order valence-corrected chi connectivity index (χ1v) is 11.4. The van der Waals surface area contributed by atoms with Crippen molar-refractivity contribution in [3.05, 3.63) is 0 Å². The van der Waals surface area contributed by atoms with Gasteiger partial charge in [0.15, 0.2) is 8.32 Å². The molecule has 1 nitrogen and oxygen atoms in total.